The van der Waals surface area contributed by atoms with Crippen molar-refractivity contribution in [3.63, 3.8) is 0 Å². The van der Waals surface area contributed by atoms with Gasteiger partial charge in [-0.1, -0.05) is 43.2 Å². The van der Waals surface area contributed by atoms with Crippen LogP contribution in [0.1, 0.15) is 37.0 Å². The summed E-state index contributed by atoms with van der Waals surface area (Å²) in [7, 11) is 0. The molecule has 0 amide bonds. The number of fused-ring (bicyclic) bond motifs is 3. The van der Waals surface area contributed by atoms with Gasteiger partial charge in [0, 0.05) is 12.6 Å². The number of alkyl halides is 3. The average Bonchev–Trinajstić information content (AvgIpc) is 3.28. The molecule has 1 aliphatic heterocycles. The first-order chi connectivity index (χ1) is 14.4. The van der Waals surface area contributed by atoms with Gasteiger partial charge in [-0.3, -0.25) is 9.69 Å². The first kappa shape index (κ1) is 19.2. The number of benzene rings is 2. The molecule has 0 atom stereocenters. The maximum Gasteiger partial charge on any atom is 0.450 e. The van der Waals surface area contributed by atoms with Crippen molar-refractivity contribution in [2.75, 3.05) is 6.73 Å². The molecule has 1 aromatic heterocycles. The standard InChI is InChI=1S/C23H20F3NO3/c24-23(25,26)22-19(14-6-2-1-3-7-14)20(28)16-10-11-18-17(21(16)30-22)12-27(13-29-18)15-8-4-5-9-15/h1-3,6-7,10-11,15H,4-5,8-9,12-13H2. The van der Waals surface area contributed by atoms with E-state index < -0.39 is 22.9 Å². The molecule has 2 heterocycles. The van der Waals surface area contributed by atoms with Crippen LogP contribution in [0.15, 0.2) is 51.7 Å². The molecule has 7 heteroatoms. The predicted octanol–water partition coefficient (Wildman–Crippen LogP) is 5.57. The molecule has 0 bridgehead atoms. The Bertz CT molecular complexity index is 1150. The molecule has 0 unspecified atom stereocenters. The molecule has 1 fully saturated rings. The highest BCUT2D eigenvalue weighted by atomic mass is 19.4. The minimum atomic E-state index is -4.80. The predicted molar refractivity (Wildman–Crippen MR) is 106 cm³/mol. The van der Waals surface area contributed by atoms with Crippen LogP contribution >= 0.6 is 0 Å². The van der Waals surface area contributed by atoms with Crippen LogP contribution in [0.5, 0.6) is 5.75 Å². The van der Waals surface area contributed by atoms with E-state index in [4.69, 9.17) is 9.15 Å². The molecule has 2 aliphatic rings. The molecule has 0 spiro atoms. The summed E-state index contributed by atoms with van der Waals surface area (Å²) in [4.78, 5) is 15.3. The van der Waals surface area contributed by atoms with E-state index in [0.29, 0.717) is 30.6 Å². The van der Waals surface area contributed by atoms with Crippen molar-refractivity contribution in [3.05, 3.63) is 64.0 Å². The van der Waals surface area contributed by atoms with Crippen molar-refractivity contribution in [3.8, 4) is 16.9 Å². The summed E-state index contributed by atoms with van der Waals surface area (Å²) in [6.45, 7) is 0.796. The lowest BCUT2D eigenvalue weighted by molar-refractivity contribution is -0.152. The van der Waals surface area contributed by atoms with Crippen LogP contribution in [0, 0.1) is 0 Å². The fourth-order valence-corrected chi connectivity index (χ4v) is 4.55. The van der Waals surface area contributed by atoms with Gasteiger partial charge in [0.25, 0.3) is 0 Å². The van der Waals surface area contributed by atoms with Gasteiger partial charge in [0.2, 0.25) is 11.2 Å². The van der Waals surface area contributed by atoms with Gasteiger partial charge in [0.05, 0.1) is 16.5 Å². The summed E-state index contributed by atoms with van der Waals surface area (Å²) in [5, 5.41) is 0.137. The minimum Gasteiger partial charge on any atom is -0.478 e. The normalized spacial score (nSPS) is 17.8. The molecule has 4 nitrogen and oxygen atoms in total. The zero-order valence-corrected chi connectivity index (χ0v) is 16.2. The Labute approximate surface area is 170 Å². The lowest BCUT2D eigenvalue weighted by Gasteiger charge is -2.33. The first-order valence-corrected chi connectivity index (χ1v) is 10.1. The summed E-state index contributed by atoms with van der Waals surface area (Å²) >= 11 is 0. The van der Waals surface area contributed by atoms with Crippen LogP contribution < -0.4 is 10.2 Å². The number of ether oxygens (including phenoxy) is 1. The lowest BCUT2D eigenvalue weighted by atomic mass is 9.99. The van der Waals surface area contributed by atoms with Crippen molar-refractivity contribution in [1.82, 2.24) is 4.90 Å². The van der Waals surface area contributed by atoms with Crippen molar-refractivity contribution < 1.29 is 22.3 Å². The van der Waals surface area contributed by atoms with Gasteiger partial charge in [-0.15, -0.1) is 0 Å². The number of hydrogen-bond acceptors (Lipinski definition) is 4. The van der Waals surface area contributed by atoms with Gasteiger partial charge < -0.3 is 9.15 Å². The largest absolute Gasteiger partial charge is 0.478 e. The van der Waals surface area contributed by atoms with Gasteiger partial charge in [-0.05, 0) is 30.5 Å². The van der Waals surface area contributed by atoms with E-state index in [1.54, 1.807) is 24.3 Å². The highest BCUT2D eigenvalue weighted by Crippen LogP contribution is 2.40. The average molecular weight is 415 g/mol. The third-order valence-corrected chi connectivity index (χ3v) is 6.03. The summed E-state index contributed by atoms with van der Waals surface area (Å²) < 4.78 is 53.1. The summed E-state index contributed by atoms with van der Waals surface area (Å²) in [6, 6.07) is 11.3. The molecule has 2 aromatic carbocycles. The van der Waals surface area contributed by atoms with Crippen molar-refractivity contribution in [2.24, 2.45) is 0 Å². The SMILES string of the molecule is O=c1c(-c2ccccc2)c(C(F)(F)F)oc2c3c(ccc12)OCN(C1CCCC1)C3. The van der Waals surface area contributed by atoms with E-state index in [1.807, 2.05) is 0 Å². The quantitative estimate of drug-likeness (QED) is 0.549. The maximum absolute atomic E-state index is 13.9. The highest BCUT2D eigenvalue weighted by molar-refractivity contribution is 5.87. The lowest BCUT2D eigenvalue weighted by Crippen LogP contribution is -2.39. The first-order valence-electron chi connectivity index (χ1n) is 10.1. The fraction of sp³-hybridized carbons (Fsp3) is 0.348. The highest BCUT2D eigenvalue weighted by Gasteiger charge is 2.40. The van der Waals surface area contributed by atoms with Crippen molar-refractivity contribution in [2.45, 2.75) is 44.4 Å². The molecule has 5 rings (SSSR count). The number of rotatable bonds is 2. The second-order valence-corrected chi connectivity index (χ2v) is 7.88. The van der Waals surface area contributed by atoms with Gasteiger partial charge in [-0.2, -0.15) is 13.2 Å². The molecule has 0 radical (unpaired) electrons. The van der Waals surface area contributed by atoms with Crippen LogP contribution in [-0.2, 0) is 12.7 Å². The Morgan fingerprint density at radius 1 is 1.00 bits per heavy atom. The minimum absolute atomic E-state index is 0.0350. The molecule has 0 N–H and O–H groups in total. The Balaban J connectivity index is 1.72. The van der Waals surface area contributed by atoms with Crippen molar-refractivity contribution in [1.29, 1.82) is 0 Å². The van der Waals surface area contributed by atoms with Gasteiger partial charge in [-0.25, -0.2) is 0 Å². The third kappa shape index (κ3) is 3.17. The molecule has 1 saturated carbocycles. The zero-order chi connectivity index (χ0) is 20.9. The van der Waals surface area contributed by atoms with Crippen LogP contribution in [0.2, 0.25) is 0 Å². The Kier molecular flexibility index (Phi) is 4.58. The maximum atomic E-state index is 13.9. The van der Waals surface area contributed by atoms with Crippen LogP contribution in [0.4, 0.5) is 13.2 Å². The van der Waals surface area contributed by atoms with Crippen LogP contribution in [0.3, 0.4) is 0 Å². The number of nitrogens with zero attached hydrogens (tertiary/aromatic N) is 1. The van der Waals surface area contributed by atoms with Crippen LogP contribution in [0.25, 0.3) is 22.1 Å². The summed E-state index contributed by atoms with van der Waals surface area (Å²) in [5.41, 5.74) is -0.488. The Morgan fingerprint density at radius 3 is 2.43 bits per heavy atom. The van der Waals surface area contributed by atoms with Gasteiger partial charge >= 0.3 is 6.18 Å². The van der Waals surface area contributed by atoms with Crippen LogP contribution in [-0.4, -0.2) is 17.7 Å². The summed E-state index contributed by atoms with van der Waals surface area (Å²) in [5.74, 6) is -0.793. The number of hydrogen-bond donors (Lipinski definition) is 0. The molecule has 156 valence electrons. The zero-order valence-electron chi connectivity index (χ0n) is 16.2. The fourth-order valence-electron chi connectivity index (χ4n) is 4.55. The molecule has 30 heavy (non-hydrogen) atoms. The van der Waals surface area contributed by atoms with Crippen molar-refractivity contribution >= 4 is 11.0 Å². The second kappa shape index (κ2) is 7.16. The number of halogens is 3. The third-order valence-electron chi connectivity index (χ3n) is 6.03. The molecule has 0 saturated heterocycles. The van der Waals surface area contributed by atoms with E-state index in [0.717, 1.165) is 25.7 Å². The van der Waals surface area contributed by atoms with Gasteiger partial charge in [0.1, 0.15) is 18.1 Å². The van der Waals surface area contributed by atoms with E-state index >= 15 is 0 Å². The Hall–Kier alpha value is -2.80. The molecular weight excluding hydrogens is 395 g/mol. The summed E-state index contributed by atoms with van der Waals surface area (Å²) in [6.07, 6.45) is -0.449. The second-order valence-electron chi connectivity index (χ2n) is 7.88. The molecule has 1 aliphatic carbocycles. The smallest absolute Gasteiger partial charge is 0.450 e. The monoisotopic (exact) mass is 415 g/mol. The van der Waals surface area contributed by atoms with Gasteiger partial charge in [0.15, 0.2) is 0 Å². The topological polar surface area (TPSA) is 42.7 Å². The molecule has 3 aromatic rings. The van der Waals surface area contributed by atoms with E-state index in [2.05, 4.69) is 4.90 Å². The van der Waals surface area contributed by atoms with E-state index in [9.17, 15) is 18.0 Å². The van der Waals surface area contributed by atoms with E-state index in [-0.39, 0.29) is 16.5 Å². The Morgan fingerprint density at radius 2 is 1.73 bits per heavy atom. The van der Waals surface area contributed by atoms with E-state index in [1.165, 1.54) is 18.2 Å². The molecular formula is C23H20F3NO3.